The summed E-state index contributed by atoms with van der Waals surface area (Å²) in [5.41, 5.74) is 0.752. The van der Waals surface area contributed by atoms with Crippen LogP contribution in [0.15, 0.2) is 12.4 Å². The van der Waals surface area contributed by atoms with Crippen LogP contribution in [0, 0.1) is 0 Å². The number of nitrogens with zero attached hydrogens (tertiary/aromatic N) is 3. The number of aromatic nitrogens is 2. The minimum Gasteiger partial charge on any atom is -0.480 e. The molecular formula is C11H18N4O2. The molecule has 1 aliphatic heterocycles. The van der Waals surface area contributed by atoms with E-state index in [1.165, 1.54) is 0 Å². The van der Waals surface area contributed by atoms with Crippen LogP contribution in [0.4, 0.5) is 0 Å². The fraction of sp³-hybridized carbons (Fsp3) is 0.636. The molecule has 1 atom stereocenters. The smallest absolute Gasteiger partial charge is 0.325 e. The van der Waals surface area contributed by atoms with Crippen molar-refractivity contribution in [1.29, 1.82) is 0 Å². The van der Waals surface area contributed by atoms with Crippen molar-refractivity contribution in [2.75, 3.05) is 26.2 Å². The fourth-order valence-corrected chi connectivity index (χ4v) is 2.22. The van der Waals surface area contributed by atoms with Crippen molar-refractivity contribution in [3.63, 3.8) is 0 Å². The highest BCUT2D eigenvalue weighted by Gasteiger charge is 2.28. The van der Waals surface area contributed by atoms with Crippen LogP contribution in [0.3, 0.4) is 0 Å². The van der Waals surface area contributed by atoms with Gasteiger partial charge in [0.05, 0.1) is 6.20 Å². The molecule has 1 fully saturated rings. The van der Waals surface area contributed by atoms with Crippen molar-refractivity contribution in [2.24, 2.45) is 7.05 Å². The molecule has 1 saturated heterocycles. The summed E-state index contributed by atoms with van der Waals surface area (Å²) in [6.07, 6.45) is 4.39. The Morgan fingerprint density at radius 2 is 2.35 bits per heavy atom. The van der Waals surface area contributed by atoms with E-state index >= 15 is 0 Å². The molecule has 6 nitrogen and oxygen atoms in total. The Labute approximate surface area is 100 Å². The van der Waals surface area contributed by atoms with Gasteiger partial charge in [0, 0.05) is 38.4 Å². The summed E-state index contributed by atoms with van der Waals surface area (Å²) < 4.78 is 1.64. The van der Waals surface area contributed by atoms with Crippen molar-refractivity contribution in [2.45, 2.75) is 12.5 Å². The highest BCUT2D eigenvalue weighted by molar-refractivity contribution is 5.75. The average Bonchev–Trinajstić information content (AvgIpc) is 2.53. The van der Waals surface area contributed by atoms with Gasteiger partial charge in [-0.1, -0.05) is 0 Å². The number of hydrogen-bond acceptors (Lipinski definition) is 4. The summed E-state index contributed by atoms with van der Waals surface area (Å²) in [4.78, 5) is 13.4. The Morgan fingerprint density at radius 3 is 3.00 bits per heavy atom. The minimum atomic E-state index is -0.806. The first-order chi connectivity index (χ1) is 8.18. The van der Waals surface area contributed by atoms with Gasteiger partial charge in [0.2, 0.25) is 0 Å². The van der Waals surface area contributed by atoms with Gasteiger partial charge >= 0.3 is 5.97 Å². The Bertz CT molecular complexity index is 383. The molecule has 0 aliphatic carbocycles. The maximum absolute atomic E-state index is 11.4. The van der Waals surface area contributed by atoms with Gasteiger partial charge in [0.25, 0.3) is 0 Å². The average molecular weight is 238 g/mol. The molecule has 6 heteroatoms. The second-order valence-electron chi connectivity index (χ2n) is 4.33. The van der Waals surface area contributed by atoms with Gasteiger partial charge in [-0.05, 0) is 13.0 Å². The van der Waals surface area contributed by atoms with Crippen LogP contribution in [-0.4, -0.2) is 51.9 Å². The molecule has 2 heterocycles. The normalized spacial score (nSPS) is 19.8. The van der Waals surface area contributed by atoms with Crippen molar-refractivity contribution in [3.8, 4) is 0 Å². The summed E-state index contributed by atoms with van der Waals surface area (Å²) in [6, 6.07) is -0.580. The first-order valence-corrected chi connectivity index (χ1v) is 5.84. The Balaban J connectivity index is 2.18. The zero-order chi connectivity index (χ0) is 12.3. The number of aliphatic carboxylic acids is 1. The lowest BCUT2D eigenvalue weighted by Crippen LogP contribution is -2.36. The van der Waals surface area contributed by atoms with Crippen LogP contribution in [-0.2, 0) is 11.8 Å². The van der Waals surface area contributed by atoms with Crippen molar-refractivity contribution in [3.05, 3.63) is 18.0 Å². The molecule has 0 spiro atoms. The highest BCUT2D eigenvalue weighted by atomic mass is 16.4. The predicted molar refractivity (Wildman–Crippen MR) is 62.6 cm³/mol. The summed E-state index contributed by atoms with van der Waals surface area (Å²) in [5.74, 6) is -0.806. The molecule has 2 rings (SSSR count). The van der Waals surface area contributed by atoms with Crippen molar-refractivity contribution < 1.29 is 9.90 Å². The van der Waals surface area contributed by atoms with E-state index in [0.717, 1.165) is 38.2 Å². The monoisotopic (exact) mass is 238 g/mol. The van der Waals surface area contributed by atoms with Crippen LogP contribution in [0.1, 0.15) is 18.0 Å². The topological polar surface area (TPSA) is 70.4 Å². The zero-order valence-electron chi connectivity index (χ0n) is 9.96. The summed E-state index contributed by atoms with van der Waals surface area (Å²) >= 11 is 0. The van der Waals surface area contributed by atoms with E-state index in [1.54, 1.807) is 24.1 Å². The Morgan fingerprint density at radius 1 is 1.53 bits per heavy atom. The van der Waals surface area contributed by atoms with E-state index < -0.39 is 12.0 Å². The van der Waals surface area contributed by atoms with Crippen molar-refractivity contribution in [1.82, 2.24) is 20.0 Å². The molecule has 0 amide bonds. The number of aryl methyl sites for hydroxylation is 1. The Hall–Kier alpha value is -1.40. The third-order valence-electron chi connectivity index (χ3n) is 3.01. The molecule has 1 aromatic rings. The number of carbonyl (C=O) groups is 1. The molecular weight excluding hydrogens is 220 g/mol. The van der Waals surface area contributed by atoms with E-state index in [9.17, 15) is 9.90 Å². The lowest BCUT2D eigenvalue weighted by molar-refractivity contribution is -0.143. The molecule has 2 N–H and O–H groups in total. The van der Waals surface area contributed by atoms with Gasteiger partial charge in [0.15, 0.2) is 0 Å². The number of carboxylic acids is 1. The fourth-order valence-electron chi connectivity index (χ4n) is 2.22. The largest absolute Gasteiger partial charge is 0.480 e. The van der Waals surface area contributed by atoms with E-state index in [0.29, 0.717) is 0 Å². The van der Waals surface area contributed by atoms with Gasteiger partial charge in [0.1, 0.15) is 6.04 Å². The summed E-state index contributed by atoms with van der Waals surface area (Å²) in [7, 11) is 1.80. The lowest BCUT2D eigenvalue weighted by Gasteiger charge is -2.26. The molecule has 17 heavy (non-hydrogen) atoms. The molecule has 1 unspecified atom stereocenters. The quantitative estimate of drug-likeness (QED) is 0.766. The maximum atomic E-state index is 11.4. The summed E-state index contributed by atoms with van der Waals surface area (Å²) in [5, 5.41) is 16.7. The number of carboxylic acid groups (broad SMARTS) is 1. The number of nitrogens with one attached hydrogen (secondary N) is 1. The minimum absolute atomic E-state index is 0.580. The van der Waals surface area contributed by atoms with Crippen LogP contribution >= 0.6 is 0 Å². The SMILES string of the molecule is Cn1cc(C(C(=O)O)N2CCCNCC2)cn1. The summed E-state index contributed by atoms with van der Waals surface area (Å²) in [6.45, 7) is 3.35. The third kappa shape index (κ3) is 2.83. The molecule has 0 aromatic carbocycles. The third-order valence-corrected chi connectivity index (χ3v) is 3.01. The van der Waals surface area contributed by atoms with Crippen LogP contribution in [0.25, 0.3) is 0 Å². The van der Waals surface area contributed by atoms with Crippen LogP contribution < -0.4 is 5.32 Å². The second-order valence-corrected chi connectivity index (χ2v) is 4.33. The Kier molecular flexibility index (Phi) is 3.75. The van der Waals surface area contributed by atoms with Gasteiger partial charge in [-0.15, -0.1) is 0 Å². The standard InChI is InChI=1S/C11H18N4O2/c1-14-8-9(7-13-14)10(11(16)17)15-5-2-3-12-4-6-15/h7-8,10,12H,2-6H2,1H3,(H,16,17). The molecule has 1 aliphatic rings. The molecule has 0 radical (unpaired) electrons. The van der Waals surface area contributed by atoms with Gasteiger partial charge in [-0.25, -0.2) is 0 Å². The van der Waals surface area contributed by atoms with Crippen LogP contribution in [0.2, 0.25) is 0 Å². The lowest BCUT2D eigenvalue weighted by atomic mass is 10.1. The first-order valence-electron chi connectivity index (χ1n) is 5.84. The maximum Gasteiger partial charge on any atom is 0.325 e. The molecule has 0 bridgehead atoms. The van der Waals surface area contributed by atoms with Crippen molar-refractivity contribution >= 4 is 5.97 Å². The first kappa shape index (κ1) is 12.1. The zero-order valence-corrected chi connectivity index (χ0v) is 9.96. The second kappa shape index (κ2) is 5.29. The van der Waals surface area contributed by atoms with Gasteiger partial charge < -0.3 is 10.4 Å². The highest BCUT2D eigenvalue weighted by Crippen LogP contribution is 2.21. The number of rotatable bonds is 3. The van der Waals surface area contributed by atoms with E-state index in [4.69, 9.17) is 0 Å². The van der Waals surface area contributed by atoms with Gasteiger partial charge in [-0.3, -0.25) is 14.4 Å². The van der Waals surface area contributed by atoms with Crippen LogP contribution in [0.5, 0.6) is 0 Å². The molecule has 1 aromatic heterocycles. The number of hydrogen-bond donors (Lipinski definition) is 2. The molecule has 0 saturated carbocycles. The predicted octanol–water partition coefficient (Wildman–Crippen LogP) is -0.159. The van der Waals surface area contributed by atoms with E-state index in [-0.39, 0.29) is 0 Å². The molecule has 94 valence electrons. The van der Waals surface area contributed by atoms with E-state index in [2.05, 4.69) is 10.4 Å². The van der Waals surface area contributed by atoms with Gasteiger partial charge in [-0.2, -0.15) is 5.10 Å². The van der Waals surface area contributed by atoms with E-state index in [1.807, 2.05) is 4.90 Å².